The Morgan fingerprint density at radius 2 is 1.73 bits per heavy atom. The van der Waals surface area contributed by atoms with E-state index in [4.69, 9.17) is 10.1 Å². The van der Waals surface area contributed by atoms with Gasteiger partial charge in [0.05, 0.1) is 17.6 Å². The summed E-state index contributed by atoms with van der Waals surface area (Å²) in [5.41, 5.74) is 2.70. The number of aromatic nitrogens is 2. The first-order chi connectivity index (χ1) is 10.7. The lowest BCUT2D eigenvalue weighted by Gasteiger charge is -2.07. The van der Waals surface area contributed by atoms with Gasteiger partial charge in [0.2, 0.25) is 5.62 Å². The van der Waals surface area contributed by atoms with E-state index in [9.17, 15) is 0 Å². The monoisotopic (exact) mass is 359 g/mol. The molecule has 0 aliphatic rings. The first-order valence-electron chi connectivity index (χ1n) is 7.24. The molecule has 2 aromatic carbocycles. The molecule has 0 radical (unpaired) electrons. The van der Waals surface area contributed by atoms with E-state index in [0.717, 1.165) is 34.2 Å². The maximum absolute atomic E-state index is 8.23. The zero-order valence-electron chi connectivity index (χ0n) is 12.4. The molecule has 4 nitrogen and oxygen atoms in total. The number of nitrogens with one attached hydrogen (secondary N) is 1. The molecule has 0 amide bonds. The number of aryl methyl sites for hydroxylation is 2. The van der Waals surface area contributed by atoms with Crippen molar-refractivity contribution in [2.75, 3.05) is 6.61 Å². The fourth-order valence-corrected chi connectivity index (χ4v) is 2.82. The molecule has 5 heteroatoms. The zero-order valence-corrected chi connectivity index (χ0v) is 14.0. The third kappa shape index (κ3) is 2.95. The minimum absolute atomic E-state index is 0.518. The average molecular weight is 360 g/mol. The van der Waals surface area contributed by atoms with Gasteiger partial charge >= 0.3 is 0 Å². The maximum atomic E-state index is 8.23. The molecule has 0 saturated carbocycles. The van der Waals surface area contributed by atoms with Crippen molar-refractivity contribution in [3.63, 3.8) is 0 Å². The molecule has 0 fully saturated rings. The van der Waals surface area contributed by atoms with Crippen LogP contribution in [-0.4, -0.2) is 15.7 Å². The molecule has 1 N–H and O–H groups in total. The number of benzene rings is 2. The van der Waals surface area contributed by atoms with Crippen LogP contribution >= 0.6 is 15.9 Å². The Balaban J connectivity index is 1.66. The number of nitrogens with zero attached hydrogens (tertiary/aromatic N) is 2. The summed E-state index contributed by atoms with van der Waals surface area (Å²) in [6, 6.07) is 16.0. The Hall–Kier alpha value is -2.01. The van der Waals surface area contributed by atoms with Gasteiger partial charge < -0.3 is 13.9 Å². The molecular formula is C17H18BrN3O. The molecule has 114 valence electrons. The highest BCUT2D eigenvalue weighted by molar-refractivity contribution is 9.10. The number of hydrogen-bond donors (Lipinski definition) is 1. The number of rotatable bonds is 5. The van der Waals surface area contributed by atoms with Crippen LogP contribution in [0.4, 0.5) is 0 Å². The van der Waals surface area contributed by atoms with E-state index in [2.05, 4.69) is 22.0 Å². The first-order valence-corrected chi connectivity index (χ1v) is 8.03. The Morgan fingerprint density at radius 1 is 1.05 bits per heavy atom. The highest BCUT2D eigenvalue weighted by atomic mass is 79.9. The molecule has 0 aliphatic carbocycles. The summed E-state index contributed by atoms with van der Waals surface area (Å²) in [6.07, 6.45) is 0.862. The van der Waals surface area contributed by atoms with Crippen LogP contribution in [-0.2, 0) is 13.6 Å². The SMILES string of the molecule is Cn1c(=N)n(CCCOc2ccc(Br)cc2)c2ccccc21. The second-order valence-electron chi connectivity index (χ2n) is 5.18. The van der Waals surface area contributed by atoms with E-state index in [1.54, 1.807) is 0 Å². The van der Waals surface area contributed by atoms with Gasteiger partial charge in [-0.1, -0.05) is 28.1 Å². The zero-order chi connectivity index (χ0) is 15.5. The second kappa shape index (κ2) is 6.40. The largest absolute Gasteiger partial charge is 0.494 e. The van der Waals surface area contributed by atoms with Crippen LogP contribution < -0.4 is 10.4 Å². The van der Waals surface area contributed by atoms with Gasteiger partial charge in [-0.2, -0.15) is 0 Å². The molecular weight excluding hydrogens is 342 g/mol. The van der Waals surface area contributed by atoms with E-state index >= 15 is 0 Å². The summed E-state index contributed by atoms with van der Waals surface area (Å²) >= 11 is 3.41. The van der Waals surface area contributed by atoms with E-state index < -0.39 is 0 Å². The van der Waals surface area contributed by atoms with Crippen LogP contribution in [0.25, 0.3) is 11.0 Å². The summed E-state index contributed by atoms with van der Waals surface area (Å²) in [6.45, 7) is 1.41. The maximum Gasteiger partial charge on any atom is 0.202 e. The summed E-state index contributed by atoms with van der Waals surface area (Å²) in [4.78, 5) is 0. The van der Waals surface area contributed by atoms with Crippen molar-refractivity contribution in [2.24, 2.45) is 7.05 Å². The van der Waals surface area contributed by atoms with Crippen LogP contribution in [0.3, 0.4) is 0 Å². The van der Waals surface area contributed by atoms with Crippen molar-refractivity contribution in [3.8, 4) is 5.75 Å². The molecule has 0 atom stereocenters. The highest BCUT2D eigenvalue weighted by Crippen LogP contribution is 2.16. The van der Waals surface area contributed by atoms with E-state index in [1.165, 1.54) is 0 Å². The quantitative estimate of drug-likeness (QED) is 0.693. The lowest BCUT2D eigenvalue weighted by Crippen LogP contribution is -2.23. The van der Waals surface area contributed by atoms with Crippen LogP contribution in [0.2, 0.25) is 0 Å². The Labute approximate surface area is 137 Å². The van der Waals surface area contributed by atoms with Crippen LogP contribution in [0.1, 0.15) is 6.42 Å². The molecule has 22 heavy (non-hydrogen) atoms. The van der Waals surface area contributed by atoms with Gasteiger partial charge in [0.25, 0.3) is 0 Å². The summed E-state index contributed by atoms with van der Waals surface area (Å²) in [5.74, 6) is 0.872. The van der Waals surface area contributed by atoms with Gasteiger partial charge in [-0.3, -0.25) is 5.41 Å². The molecule has 3 aromatic rings. The first kappa shape index (κ1) is 14.9. The standard InChI is InChI=1S/C17H18BrN3O/c1-20-15-5-2-3-6-16(15)21(17(20)19)11-4-12-22-14-9-7-13(18)8-10-14/h2-3,5-10,19H,4,11-12H2,1H3. The molecule has 3 rings (SSSR count). The molecule has 0 spiro atoms. The lowest BCUT2D eigenvalue weighted by molar-refractivity contribution is 0.301. The van der Waals surface area contributed by atoms with Crippen LogP contribution in [0, 0.1) is 5.41 Å². The van der Waals surface area contributed by atoms with Gasteiger partial charge in [-0.05, 0) is 42.8 Å². The van der Waals surface area contributed by atoms with Gasteiger partial charge in [-0.25, -0.2) is 0 Å². The topological polar surface area (TPSA) is 42.9 Å². The van der Waals surface area contributed by atoms with Gasteiger partial charge in [0.15, 0.2) is 0 Å². The lowest BCUT2D eigenvalue weighted by atomic mass is 10.3. The number of ether oxygens (including phenoxy) is 1. The summed E-state index contributed by atoms with van der Waals surface area (Å²) < 4.78 is 10.7. The van der Waals surface area contributed by atoms with Crippen LogP contribution in [0.5, 0.6) is 5.75 Å². The van der Waals surface area contributed by atoms with Crippen molar-refractivity contribution in [1.29, 1.82) is 5.41 Å². The van der Waals surface area contributed by atoms with E-state index in [1.807, 2.05) is 58.6 Å². The third-order valence-electron chi connectivity index (χ3n) is 3.72. The number of fused-ring (bicyclic) bond motifs is 1. The summed E-state index contributed by atoms with van der Waals surface area (Å²) in [5, 5.41) is 8.23. The fraction of sp³-hybridized carbons (Fsp3) is 0.235. The van der Waals surface area contributed by atoms with E-state index in [0.29, 0.717) is 12.2 Å². The molecule has 0 saturated heterocycles. The molecule has 1 aromatic heterocycles. The molecule has 0 aliphatic heterocycles. The highest BCUT2D eigenvalue weighted by Gasteiger charge is 2.07. The third-order valence-corrected chi connectivity index (χ3v) is 4.24. The number of halogens is 1. The van der Waals surface area contributed by atoms with Crippen molar-refractivity contribution in [3.05, 3.63) is 58.6 Å². The van der Waals surface area contributed by atoms with Crippen LogP contribution in [0.15, 0.2) is 53.0 Å². The smallest absolute Gasteiger partial charge is 0.202 e. The van der Waals surface area contributed by atoms with Crippen molar-refractivity contribution in [1.82, 2.24) is 9.13 Å². The Kier molecular flexibility index (Phi) is 4.34. The normalized spacial score (nSPS) is 11.0. The van der Waals surface area contributed by atoms with E-state index in [-0.39, 0.29) is 0 Å². The minimum Gasteiger partial charge on any atom is -0.494 e. The van der Waals surface area contributed by atoms with Gasteiger partial charge in [-0.15, -0.1) is 0 Å². The number of para-hydroxylation sites is 2. The predicted octanol–water partition coefficient (Wildman–Crippen LogP) is 3.69. The Bertz CT molecular complexity index is 833. The number of imidazole rings is 1. The van der Waals surface area contributed by atoms with Gasteiger partial charge in [0.1, 0.15) is 5.75 Å². The van der Waals surface area contributed by atoms with Crippen molar-refractivity contribution >= 4 is 27.0 Å². The Morgan fingerprint density at radius 3 is 2.45 bits per heavy atom. The molecule has 1 heterocycles. The average Bonchev–Trinajstić information content (AvgIpc) is 2.78. The fourth-order valence-electron chi connectivity index (χ4n) is 2.56. The molecule has 0 bridgehead atoms. The molecule has 0 unspecified atom stereocenters. The summed E-state index contributed by atoms with van der Waals surface area (Å²) in [7, 11) is 1.93. The second-order valence-corrected chi connectivity index (χ2v) is 6.09. The van der Waals surface area contributed by atoms with Crippen molar-refractivity contribution in [2.45, 2.75) is 13.0 Å². The van der Waals surface area contributed by atoms with Crippen molar-refractivity contribution < 1.29 is 4.74 Å². The predicted molar refractivity (Wildman–Crippen MR) is 91.0 cm³/mol. The minimum atomic E-state index is 0.518. The number of hydrogen-bond acceptors (Lipinski definition) is 2. The van der Waals surface area contributed by atoms with Gasteiger partial charge in [0, 0.05) is 18.1 Å².